The molecule has 0 bridgehead atoms. The van der Waals surface area contributed by atoms with Crippen LogP contribution in [0, 0.1) is 6.92 Å². The van der Waals surface area contributed by atoms with Crippen molar-refractivity contribution < 1.29 is 4.79 Å². The molecule has 1 fully saturated rings. The molecule has 23 heavy (non-hydrogen) atoms. The predicted molar refractivity (Wildman–Crippen MR) is 95.5 cm³/mol. The molecule has 1 aromatic carbocycles. The Morgan fingerprint density at radius 1 is 1.22 bits per heavy atom. The van der Waals surface area contributed by atoms with E-state index in [0.717, 1.165) is 19.3 Å². The SMILES string of the molecule is Cc1ccccc1CCNC(=O)N1C(C)(C)CC(N)CC1(C)C. The number of nitrogens with one attached hydrogen (secondary N) is 1. The number of benzene rings is 1. The highest BCUT2D eigenvalue weighted by molar-refractivity contribution is 5.76. The molecule has 0 saturated carbocycles. The van der Waals surface area contributed by atoms with Gasteiger partial charge >= 0.3 is 6.03 Å². The molecule has 2 rings (SSSR count). The maximum Gasteiger partial charge on any atom is 0.318 e. The number of hydrogen-bond acceptors (Lipinski definition) is 2. The van der Waals surface area contributed by atoms with Crippen molar-refractivity contribution in [3.63, 3.8) is 0 Å². The van der Waals surface area contributed by atoms with Crippen LogP contribution in [-0.4, -0.2) is 34.6 Å². The average molecular weight is 317 g/mol. The zero-order valence-corrected chi connectivity index (χ0v) is 15.1. The highest BCUT2D eigenvalue weighted by Crippen LogP contribution is 2.37. The number of carbonyl (C=O) groups is 1. The molecule has 0 aliphatic carbocycles. The van der Waals surface area contributed by atoms with Gasteiger partial charge in [-0.3, -0.25) is 0 Å². The van der Waals surface area contributed by atoms with E-state index in [9.17, 15) is 4.79 Å². The van der Waals surface area contributed by atoms with Crippen molar-refractivity contribution >= 4 is 6.03 Å². The van der Waals surface area contributed by atoms with Crippen LogP contribution in [0.1, 0.15) is 51.7 Å². The Hall–Kier alpha value is -1.55. The summed E-state index contributed by atoms with van der Waals surface area (Å²) in [6.45, 7) is 11.2. The molecule has 3 N–H and O–H groups in total. The van der Waals surface area contributed by atoms with Crippen molar-refractivity contribution in [1.29, 1.82) is 0 Å². The second-order valence-corrected chi connectivity index (χ2v) is 8.04. The number of aryl methyl sites for hydroxylation is 1. The van der Waals surface area contributed by atoms with E-state index in [-0.39, 0.29) is 23.2 Å². The van der Waals surface area contributed by atoms with Crippen LogP contribution in [0.5, 0.6) is 0 Å². The highest BCUT2D eigenvalue weighted by atomic mass is 16.2. The van der Waals surface area contributed by atoms with Crippen LogP contribution in [0.25, 0.3) is 0 Å². The van der Waals surface area contributed by atoms with Crippen molar-refractivity contribution in [2.24, 2.45) is 5.73 Å². The van der Waals surface area contributed by atoms with E-state index < -0.39 is 0 Å². The fourth-order valence-electron chi connectivity index (χ4n) is 4.18. The zero-order valence-electron chi connectivity index (χ0n) is 15.1. The van der Waals surface area contributed by atoms with E-state index >= 15 is 0 Å². The summed E-state index contributed by atoms with van der Waals surface area (Å²) in [6.07, 6.45) is 2.52. The molecule has 1 heterocycles. The second kappa shape index (κ2) is 6.52. The van der Waals surface area contributed by atoms with Gasteiger partial charge in [-0.25, -0.2) is 4.79 Å². The van der Waals surface area contributed by atoms with Crippen LogP contribution < -0.4 is 11.1 Å². The van der Waals surface area contributed by atoms with Gasteiger partial charge in [0.1, 0.15) is 0 Å². The van der Waals surface area contributed by atoms with Crippen LogP contribution in [-0.2, 0) is 6.42 Å². The van der Waals surface area contributed by atoms with Crippen LogP contribution in [0.4, 0.5) is 4.79 Å². The Kier molecular flexibility index (Phi) is 5.04. The molecule has 1 aliphatic heterocycles. The van der Waals surface area contributed by atoms with Gasteiger partial charge in [0, 0.05) is 23.7 Å². The largest absolute Gasteiger partial charge is 0.338 e. The Bertz CT molecular complexity index is 547. The smallest absolute Gasteiger partial charge is 0.318 e. The summed E-state index contributed by atoms with van der Waals surface area (Å²) in [6, 6.07) is 8.48. The van der Waals surface area contributed by atoms with Gasteiger partial charge in [-0.2, -0.15) is 0 Å². The summed E-state index contributed by atoms with van der Waals surface area (Å²) >= 11 is 0. The van der Waals surface area contributed by atoms with Gasteiger partial charge in [-0.05, 0) is 65.0 Å². The standard InChI is InChI=1S/C19H31N3O/c1-14-8-6-7-9-15(14)10-11-21-17(23)22-18(2,3)12-16(20)13-19(22,4)5/h6-9,16H,10-13,20H2,1-5H3,(H,21,23). The summed E-state index contributed by atoms with van der Waals surface area (Å²) in [4.78, 5) is 14.8. The average Bonchev–Trinajstić information content (AvgIpc) is 2.37. The molecule has 4 nitrogen and oxygen atoms in total. The molecule has 0 unspecified atom stereocenters. The quantitative estimate of drug-likeness (QED) is 0.899. The predicted octanol–water partition coefficient (Wildman–Crippen LogP) is 3.23. The van der Waals surface area contributed by atoms with E-state index in [2.05, 4.69) is 52.1 Å². The van der Waals surface area contributed by atoms with E-state index in [1.165, 1.54) is 11.1 Å². The number of rotatable bonds is 3. The van der Waals surface area contributed by atoms with Crippen LogP contribution in [0.2, 0.25) is 0 Å². The molecule has 1 saturated heterocycles. The molecular weight excluding hydrogens is 286 g/mol. The normalized spacial score (nSPS) is 20.3. The van der Waals surface area contributed by atoms with Crippen molar-refractivity contribution in [3.8, 4) is 0 Å². The molecular formula is C19H31N3O. The third-order valence-corrected chi connectivity index (χ3v) is 4.87. The lowest BCUT2D eigenvalue weighted by Gasteiger charge is -2.54. The number of nitrogens with zero attached hydrogens (tertiary/aromatic N) is 1. The van der Waals surface area contributed by atoms with Crippen molar-refractivity contribution in [2.75, 3.05) is 6.54 Å². The fraction of sp³-hybridized carbons (Fsp3) is 0.632. The van der Waals surface area contributed by atoms with E-state index in [4.69, 9.17) is 5.73 Å². The number of urea groups is 1. The Balaban J connectivity index is 2.00. The van der Waals surface area contributed by atoms with E-state index in [0.29, 0.717) is 6.54 Å². The molecule has 4 heteroatoms. The molecule has 0 aromatic heterocycles. The van der Waals surface area contributed by atoms with Crippen molar-refractivity contribution in [1.82, 2.24) is 10.2 Å². The Morgan fingerprint density at radius 2 is 1.78 bits per heavy atom. The molecule has 0 spiro atoms. The number of piperidine rings is 1. The van der Waals surface area contributed by atoms with E-state index in [1.807, 2.05) is 17.0 Å². The molecule has 1 aromatic rings. The highest BCUT2D eigenvalue weighted by Gasteiger charge is 2.46. The first-order valence-electron chi connectivity index (χ1n) is 8.52. The van der Waals surface area contributed by atoms with Gasteiger partial charge in [-0.15, -0.1) is 0 Å². The minimum Gasteiger partial charge on any atom is -0.338 e. The number of carbonyl (C=O) groups excluding carboxylic acids is 1. The van der Waals surface area contributed by atoms with Gasteiger partial charge in [0.25, 0.3) is 0 Å². The van der Waals surface area contributed by atoms with Gasteiger partial charge in [0.05, 0.1) is 0 Å². The number of likely N-dealkylation sites (tertiary alicyclic amines) is 1. The first-order chi connectivity index (χ1) is 10.6. The third kappa shape index (κ3) is 4.05. The van der Waals surface area contributed by atoms with Crippen LogP contribution in [0.3, 0.4) is 0 Å². The molecule has 1 aliphatic rings. The molecule has 128 valence electrons. The molecule has 0 atom stereocenters. The lowest BCUT2D eigenvalue weighted by molar-refractivity contribution is 0.00324. The van der Waals surface area contributed by atoms with Gasteiger partial charge in [-0.1, -0.05) is 24.3 Å². The van der Waals surface area contributed by atoms with Crippen molar-refractivity contribution in [2.45, 2.75) is 71.0 Å². The fourth-order valence-corrected chi connectivity index (χ4v) is 4.18. The topological polar surface area (TPSA) is 58.4 Å². The summed E-state index contributed by atoms with van der Waals surface area (Å²) in [5, 5.41) is 3.10. The zero-order chi connectivity index (χ0) is 17.3. The van der Waals surface area contributed by atoms with Gasteiger partial charge in [0.2, 0.25) is 0 Å². The maximum atomic E-state index is 12.8. The van der Waals surface area contributed by atoms with Crippen molar-refractivity contribution in [3.05, 3.63) is 35.4 Å². The Morgan fingerprint density at radius 3 is 2.35 bits per heavy atom. The van der Waals surface area contributed by atoms with Crippen LogP contribution in [0.15, 0.2) is 24.3 Å². The summed E-state index contributed by atoms with van der Waals surface area (Å²) < 4.78 is 0. The monoisotopic (exact) mass is 317 g/mol. The summed E-state index contributed by atoms with van der Waals surface area (Å²) in [5.41, 5.74) is 8.28. The van der Waals surface area contributed by atoms with E-state index in [1.54, 1.807) is 0 Å². The lowest BCUT2D eigenvalue weighted by atomic mass is 9.77. The minimum absolute atomic E-state index is 0.0143. The first kappa shape index (κ1) is 17.8. The molecule has 2 amide bonds. The minimum atomic E-state index is -0.228. The maximum absolute atomic E-state index is 12.8. The Labute approximate surface area is 140 Å². The van der Waals surface area contributed by atoms with Gasteiger partial charge < -0.3 is 16.0 Å². The summed E-state index contributed by atoms with van der Waals surface area (Å²) in [7, 11) is 0. The van der Waals surface area contributed by atoms with Gasteiger partial charge in [0.15, 0.2) is 0 Å². The lowest BCUT2D eigenvalue weighted by Crippen LogP contribution is -2.67. The first-order valence-corrected chi connectivity index (χ1v) is 8.52. The summed E-state index contributed by atoms with van der Waals surface area (Å²) in [5.74, 6) is 0. The number of hydrogen-bond donors (Lipinski definition) is 2. The molecule has 0 radical (unpaired) electrons. The number of amides is 2. The second-order valence-electron chi connectivity index (χ2n) is 8.04. The van der Waals surface area contributed by atoms with Crippen LogP contribution >= 0.6 is 0 Å². The number of nitrogens with two attached hydrogens (primary N) is 1. The third-order valence-electron chi connectivity index (χ3n) is 4.87.